The van der Waals surface area contributed by atoms with Crippen molar-refractivity contribution in [2.75, 3.05) is 7.11 Å². The van der Waals surface area contributed by atoms with Crippen LogP contribution in [0.3, 0.4) is 0 Å². The van der Waals surface area contributed by atoms with Crippen molar-refractivity contribution in [2.45, 2.75) is 6.61 Å². The Morgan fingerprint density at radius 3 is 2.54 bits per heavy atom. The first kappa shape index (κ1) is 9.70. The van der Waals surface area contributed by atoms with Crippen LogP contribution in [0.1, 0.15) is 15.9 Å². The molecule has 1 amide bonds. The van der Waals surface area contributed by atoms with Gasteiger partial charge in [0.1, 0.15) is 0 Å². The van der Waals surface area contributed by atoms with E-state index in [4.69, 9.17) is 9.94 Å². The van der Waals surface area contributed by atoms with Crippen LogP contribution in [0.5, 0.6) is 0 Å². The molecule has 0 saturated carbocycles. The molecule has 0 saturated heterocycles. The number of carbonyl (C=O) groups is 1. The summed E-state index contributed by atoms with van der Waals surface area (Å²) in [6.07, 6.45) is 0. The second kappa shape index (κ2) is 4.59. The Morgan fingerprint density at radius 2 is 2.08 bits per heavy atom. The molecular formula is C9H11NO3. The van der Waals surface area contributed by atoms with Crippen molar-refractivity contribution in [3.05, 3.63) is 35.4 Å². The van der Waals surface area contributed by atoms with E-state index in [1.165, 1.54) is 0 Å². The maximum Gasteiger partial charge on any atom is 0.274 e. The normalized spacial score (nSPS) is 9.69. The summed E-state index contributed by atoms with van der Waals surface area (Å²) in [5, 5.41) is 8.34. The fourth-order valence-corrected chi connectivity index (χ4v) is 0.984. The summed E-state index contributed by atoms with van der Waals surface area (Å²) >= 11 is 0. The molecular weight excluding hydrogens is 170 g/mol. The third kappa shape index (κ3) is 2.54. The van der Waals surface area contributed by atoms with E-state index < -0.39 is 5.91 Å². The summed E-state index contributed by atoms with van der Waals surface area (Å²) in [6, 6.07) is 6.79. The summed E-state index contributed by atoms with van der Waals surface area (Å²) in [4.78, 5) is 10.9. The Bertz CT molecular complexity index is 281. The molecule has 1 aromatic rings. The van der Waals surface area contributed by atoms with E-state index in [9.17, 15) is 4.79 Å². The van der Waals surface area contributed by atoms with Gasteiger partial charge >= 0.3 is 0 Å². The number of amides is 1. The van der Waals surface area contributed by atoms with Crippen molar-refractivity contribution < 1.29 is 14.7 Å². The molecule has 0 spiro atoms. The SMILES string of the molecule is COCc1ccc(C(=O)NO)cc1. The third-order valence-corrected chi connectivity index (χ3v) is 1.63. The maximum atomic E-state index is 10.9. The molecule has 13 heavy (non-hydrogen) atoms. The second-order valence-electron chi connectivity index (χ2n) is 2.57. The van der Waals surface area contributed by atoms with Crippen molar-refractivity contribution in [3.8, 4) is 0 Å². The second-order valence-corrected chi connectivity index (χ2v) is 2.57. The maximum absolute atomic E-state index is 10.9. The Morgan fingerprint density at radius 1 is 1.46 bits per heavy atom. The Hall–Kier alpha value is -1.39. The summed E-state index contributed by atoms with van der Waals surface area (Å²) in [7, 11) is 1.61. The van der Waals surface area contributed by atoms with Crippen molar-refractivity contribution in [3.63, 3.8) is 0 Å². The van der Waals surface area contributed by atoms with Gasteiger partial charge < -0.3 is 4.74 Å². The molecule has 2 N–H and O–H groups in total. The minimum Gasteiger partial charge on any atom is -0.380 e. The first-order valence-corrected chi connectivity index (χ1v) is 3.80. The van der Waals surface area contributed by atoms with E-state index in [2.05, 4.69) is 0 Å². The number of hydroxylamine groups is 1. The predicted octanol–water partition coefficient (Wildman–Crippen LogP) is 0.952. The quantitative estimate of drug-likeness (QED) is 0.539. The predicted molar refractivity (Wildman–Crippen MR) is 46.4 cm³/mol. The first-order valence-electron chi connectivity index (χ1n) is 3.80. The Labute approximate surface area is 76.1 Å². The molecule has 0 unspecified atom stereocenters. The van der Waals surface area contributed by atoms with Gasteiger partial charge in [-0.05, 0) is 17.7 Å². The van der Waals surface area contributed by atoms with Gasteiger partial charge in [0.05, 0.1) is 6.61 Å². The monoisotopic (exact) mass is 181 g/mol. The smallest absolute Gasteiger partial charge is 0.274 e. The van der Waals surface area contributed by atoms with E-state index in [1.54, 1.807) is 36.9 Å². The fourth-order valence-electron chi connectivity index (χ4n) is 0.984. The van der Waals surface area contributed by atoms with E-state index in [0.29, 0.717) is 12.2 Å². The zero-order valence-electron chi connectivity index (χ0n) is 7.28. The van der Waals surface area contributed by atoms with E-state index >= 15 is 0 Å². The van der Waals surface area contributed by atoms with Crippen LogP contribution in [-0.4, -0.2) is 18.2 Å². The van der Waals surface area contributed by atoms with Crippen LogP contribution in [0.4, 0.5) is 0 Å². The molecule has 0 radical (unpaired) electrons. The molecule has 0 atom stereocenters. The van der Waals surface area contributed by atoms with Gasteiger partial charge in [0, 0.05) is 12.7 Å². The van der Waals surface area contributed by atoms with Crippen molar-refractivity contribution in [2.24, 2.45) is 0 Å². The van der Waals surface area contributed by atoms with Crippen LogP contribution < -0.4 is 5.48 Å². The zero-order chi connectivity index (χ0) is 9.68. The van der Waals surface area contributed by atoms with Crippen LogP contribution in [0, 0.1) is 0 Å². The van der Waals surface area contributed by atoms with Crippen LogP contribution >= 0.6 is 0 Å². The van der Waals surface area contributed by atoms with Gasteiger partial charge in [-0.3, -0.25) is 10.0 Å². The number of ether oxygens (including phenoxy) is 1. The van der Waals surface area contributed by atoms with Crippen LogP contribution in [0.25, 0.3) is 0 Å². The average Bonchev–Trinajstić information content (AvgIpc) is 2.18. The van der Waals surface area contributed by atoms with Crippen LogP contribution in [0.15, 0.2) is 24.3 Å². The number of benzene rings is 1. The van der Waals surface area contributed by atoms with Gasteiger partial charge in [0.2, 0.25) is 0 Å². The summed E-state index contributed by atoms with van der Waals surface area (Å²) in [5.41, 5.74) is 2.96. The lowest BCUT2D eigenvalue weighted by Gasteiger charge is -2.01. The van der Waals surface area contributed by atoms with Gasteiger partial charge in [-0.25, -0.2) is 5.48 Å². The summed E-state index contributed by atoms with van der Waals surface area (Å²) < 4.78 is 4.90. The van der Waals surface area contributed by atoms with Crippen molar-refractivity contribution in [1.29, 1.82) is 0 Å². The van der Waals surface area contributed by atoms with Crippen molar-refractivity contribution in [1.82, 2.24) is 5.48 Å². The number of methoxy groups -OCH3 is 1. The third-order valence-electron chi connectivity index (χ3n) is 1.63. The molecule has 0 bridgehead atoms. The summed E-state index contributed by atoms with van der Waals surface area (Å²) in [6.45, 7) is 0.515. The Kier molecular flexibility index (Phi) is 3.42. The molecule has 0 aliphatic carbocycles. The van der Waals surface area contributed by atoms with E-state index in [0.717, 1.165) is 5.56 Å². The van der Waals surface area contributed by atoms with Gasteiger partial charge in [-0.15, -0.1) is 0 Å². The largest absolute Gasteiger partial charge is 0.380 e. The fraction of sp³-hybridized carbons (Fsp3) is 0.222. The number of hydrogen-bond donors (Lipinski definition) is 2. The zero-order valence-corrected chi connectivity index (χ0v) is 7.28. The highest BCUT2D eigenvalue weighted by atomic mass is 16.5. The molecule has 0 heterocycles. The molecule has 0 fully saturated rings. The minimum absolute atomic E-state index is 0.419. The lowest BCUT2D eigenvalue weighted by molar-refractivity contribution is 0.0706. The van der Waals surface area contributed by atoms with Gasteiger partial charge in [0.15, 0.2) is 0 Å². The minimum atomic E-state index is -0.510. The lowest BCUT2D eigenvalue weighted by atomic mass is 10.1. The molecule has 1 rings (SSSR count). The molecule has 0 aliphatic heterocycles. The first-order chi connectivity index (χ1) is 6.27. The molecule has 0 aliphatic rings. The number of hydrogen-bond acceptors (Lipinski definition) is 3. The average molecular weight is 181 g/mol. The molecule has 70 valence electrons. The molecule has 1 aromatic carbocycles. The highest BCUT2D eigenvalue weighted by molar-refractivity contribution is 5.93. The highest BCUT2D eigenvalue weighted by Gasteiger charge is 2.02. The van der Waals surface area contributed by atoms with Gasteiger partial charge in [-0.2, -0.15) is 0 Å². The van der Waals surface area contributed by atoms with Crippen LogP contribution in [-0.2, 0) is 11.3 Å². The van der Waals surface area contributed by atoms with E-state index in [1.807, 2.05) is 0 Å². The lowest BCUT2D eigenvalue weighted by Crippen LogP contribution is -2.18. The van der Waals surface area contributed by atoms with Crippen LogP contribution in [0.2, 0.25) is 0 Å². The number of carbonyl (C=O) groups excluding carboxylic acids is 1. The molecule has 4 nitrogen and oxygen atoms in total. The number of nitrogens with one attached hydrogen (secondary N) is 1. The molecule has 4 heteroatoms. The molecule has 0 aromatic heterocycles. The van der Waals surface area contributed by atoms with E-state index in [-0.39, 0.29) is 0 Å². The van der Waals surface area contributed by atoms with Gasteiger partial charge in [-0.1, -0.05) is 12.1 Å². The van der Waals surface area contributed by atoms with Gasteiger partial charge in [0.25, 0.3) is 5.91 Å². The highest BCUT2D eigenvalue weighted by Crippen LogP contribution is 2.04. The summed E-state index contributed by atoms with van der Waals surface area (Å²) in [5.74, 6) is -0.510. The standard InChI is InChI=1S/C9H11NO3/c1-13-6-7-2-4-8(5-3-7)9(11)10-12/h2-5,12H,6H2,1H3,(H,10,11). The Balaban J connectivity index is 2.75. The number of rotatable bonds is 3. The topological polar surface area (TPSA) is 58.6 Å². The van der Waals surface area contributed by atoms with Crippen molar-refractivity contribution >= 4 is 5.91 Å².